The average Bonchev–Trinajstić information content (AvgIpc) is 2.48. The van der Waals surface area contributed by atoms with Crippen molar-refractivity contribution in [3.8, 4) is 0 Å². The first-order chi connectivity index (χ1) is 9.98. The number of nitrogens with one attached hydrogen (secondary N) is 1. The summed E-state index contributed by atoms with van der Waals surface area (Å²) in [4.78, 5) is 0.427. The van der Waals surface area contributed by atoms with Crippen molar-refractivity contribution in [2.24, 2.45) is 0 Å². The third kappa shape index (κ3) is 4.53. The first kappa shape index (κ1) is 18.1. The monoisotopic (exact) mass is 312 g/mol. The summed E-state index contributed by atoms with van der Waals surface area (Å²) in [6.45, 7) is 9.92. The minimum absolute atomic E-state index is 0.0108. The topological polar surface area (TPSA) is 49.4 Å². The van der Waals surface area contributed by atoms with Crippen LogP contribution >= 0.6 is 0 Å². The Morgan fingerprint density at radius 2 is 1.86 bits per heavy atom. The van der Waals surface area contributed by atoms with E-state index in [4.69, 9.17) is 0 Å². The van der Waals surface area contributed by atoms with Crippen LogP contribution in [0.2, 0.25) is 0 Å². The fourth-order valence-corrected chi connectivity index (χ4v) is 4.29. The molecule has 0 spiro atoms. The Morgan fingerprint density at radius 1 is 1.19 bits per heavy atom. The SMILES string of the molecule is CCCNCc1ccccc1S(=O)(=O)N(CC)C(C)CC. The smallest absolute Gasteiger partial charge is 0.243 e. The molecule has 4 nitrogen and oxygen atoms in total. The van der Waals surface area contributed by atoms with Gasteiger partial charge in [-0.15, -0.1) is 0 Å². The Kier molecular flexibility index (Phi) is 7.35. The number of sulfonamides is 1. The summed E-state index contributed by atoms with van der Waals surface area (Å²) < 4.78 is 27.4. The zero-order valence-corrected chi connectivity index (χ0v) is 14.4. The Hall–Kier alpha value is -0.910. The molecule has 1 unspecified atom stereocenters. The van der Waals surface area contributed by atoms with Gasteiger partial charge in [0.2, 0.25) is 10.0 Å². The molecule has 0 aliphatic heterocycles. The summed E-state index contributed by atoms with van der Waals surface area (Å²) in [5.74, 6) is 0. The van der Waals surface area contributed by atoms with Crippen molar-refractivity contribution in [1.82, 2.24) is 9.62 Å². The lowest BCUT2D eigenvalue weighted by Crippen LogP contribution is -2.38. The van der Waals surface area contributed by atoms with E-state index in [1.807, 2.05) is 32.9 Å². The van der Waals surface area contributed by atoms with Crippen LogP contribution in [0.15, 0.2) is 29.2 Å². The van der Waals surface area contributed by atoms with E-state index < -0.39 is 10.0 Å². The van der Waals surface area contributed by atoms with Gasteiger partial charge in [0, 0.05) is 19.1 Å². The predicted molar refractivity (Wildman–Crippen MR) is 87.8 cm³/mol. The van der Waals surface area contributed by atoms with Gasteiger partial charge in [0.25, 0.3) is 0 Å². The van der Waals surface area contributed by atoms with Crippen LogP contribution in [-0.4, -0.2) is 31.9 Å². The molecule has 0 fully saturated rings. The van der Waals surface area contributed by atoms with E-state index in [1.54, 1.807) is 16.4 Å². The van der Waals surface area contributed by atoms with Crippen molar-refractivity contribution in [3.05, 3.63) is 29.8 Å². The molecule has 21 heavy (non-hydrogen) atoms. The molecule has 5 heteroatoms. The Balaban J connectivity index is 3.12. The molecule has 1 aromatic rings. The molecule has 0 aliphatic carbocycles. The number of hydrogen-bond acceptors (Lipinski definition) is 3. The third-order valence-corrected chi connectivity index (χ3v) is 5.89. The minimum Gasteiger partial charge on any atom is -0.313 e. The molecule has 0 amide bonds. The van der Waals surface area contributed by atoms with Gasteiger partial charge in [0.05, 0.1) is 4.90 Å². The van der Waals surface area contributed by atoms with Crippen LogP contribution in [0.25, 0.3) is 0 Å². The van der Waals surface area contributed by atoms with E-state index in [-0.39, 0.29) is 6.04 Å². The summed E-state index contributed by atoms with van der Waals surface area (Å²) in [6, 6.07) is 7.29. The van der Waals surface area contributed by atoms with E-state index >= 15 is 0 Å². The number of nitrogens with zero attached hydrogens (tertiary/aromatic N) is 1. The highest BCUT2D eigenvalue weighted by atomic mass is 32.2. The molecular weight excluding hydrogens is 284 g/mol. The van der Waals surface area contributed by atoms with Crippen LogP contribution in [0, 0.1) is 0 Å². The quantitative estimate of drug-likeness (QED) is 0.713. The van der Waals surface area contributed by atoms with Crippen LogP contribution in [0.3, 0.4) is 0 Å². The fourth-order valence-electron chi connectivity index (χ4n) is 2.35. The van der Waals surface area contributed by atoms with Gasteiger partial charge in [0.15, 0.2) is 0 Å². The van der Waals surface area contributed by atoms with Gasteiger partial charge in [-0.25, -0.2) is 8.42 Å². The first-order valence-electron chi connectivity index (χ1n) is 7.79. The standard InChI is InChI=1S/C16H28N2O2S/c1-5-12-17-13-15-10-8-9-11-16(15)21(19,20)18(7-3)14(4)6-2/h8-11,14,17H,5-7,12-13H2,1-4H3. The zero-order valence-electron chi connectivity index (χ0n) is 13.6. The molecular formula is C16H28N2O2S. The highest BCUT2D eigenvalue weighted by molar-refractivity contribution is 7.89. The molecule has 0 saturated carbocycles. The van der Waals surface area contributed by atoms with Crippen LogP contribution in [0.4, 0.5) is 0 Å². The van der Waals surface area contributed by atoms with E-state index in [2.05, 4.69) is 12.2 Å². The largest absolute Gasteiger partial charge is 0.313 e. The summed E-state index contributed by atoms with van der Waals surface area (Å²) in [5, 5.41) is 3.28. The molecule has 1 N–H and O–H groups in total. The van der Waals surface area contributed by atoms with E-state index in [9.17, 15) is 8.42 Å². The molecule has 0 aliphatic rings. The molecule has 0 bridgehead atoms. The average molecular weight is 312 g/mol. The number of rotatable bonds is 9. The number of hydrogen-bond donors (Lipinski definition) is 1. The Morgan fingerprint density at radius 3 is 2.43 bits per heavy atom. The maximum Gasteiger partial charge on any atom is 0.243 e. The first-order valence-corrected chi connectivity index (χ1v) is 9.23. The van der Waals surface area contributed by atoms with Crippen LogP contribution in [0.5, 0.6) is 0 Å². The second-order valence-electron chi connectivity index (χ2n) is 5.25. The summed E-state index contributed by atoms with van der Waals surface area (Å²) in [5.41, 5.74) is 0.840. The second kappa shape index (κ2) is 8.51. The lowest BCUT2D eigenvalue weighted by Gasteiger charge is -2.27. The minimum atomic E-state index is -3.44. The van der Waals surface area contributed by atoms with Crippen LogP contribution < -0.4 is 5.32 Å². The second-order valence-corrected chi connectivity index (χ2v) is 7.11. The van der Waals surface area contributed by atoms with Crippen molar-refractivity contribution in [3.63, 3.8) is 0 Å². The Labute approximate surface area is 129 Å². The maximum absolute atomic E-state index is 12.9. The van der Waals surface area contributed by atoms with Crippen LogP contribution in [-0.2, 0) is 16.6 Å². The lowest BCUT2D eigenvalue weighted by atomic mass is 10.2. The molecule has 0 heterocycles. The third-order valence-electron chi connectivity index (χ3n) is 3.70. The van der Waals surface area contributed by atoms with Gasteiger partial charge >= 0.3 is 0 Å². The van der Waals surface area contributed by atoms with Crippen molar-refractivity contribution in [2.45, 2.75) is 58.0 Å². The van der Waals surface area contributed by atoms with Gasteiger partial charge in [-0.05, 0) is 37.9 Å². The molecule has 0 radical (unpaired) electrons. The molecule has 1 rings (SSSR count). The zero-order chi connectivity index (χ0) is 15.9. The highest BCUT2D eigenvalue weighted by Gasteiger charge is 2.28. The lowest BCUT2D eigenvalue weighted by molar-refractivity contribution is 0.342. The maximum atomic E-state index is 12.9. The molecule has 1 atom stereocenters. The molecule has 0 aromatic heterocycles. The van der Waals surface area contributed by atoms with Gasteiger partial charge < -0.3 is 5.32 Å². The van der Waals surface area contributed by atoms with Gasteiger partial charge in [-0.3, -0.25) is 0 Å². The van der Waals surface area contributed by atoms with Gasteiger partial charge in [-0.2, -0.15) is 4.31 Å². The van der Waals surface area contributed by atoms with Crippen molar-refractivity contribution in [2.75, 3.05) is 13.1 Å². The van der Waals surface area contributed by atoms with E-state index in [1.165, 1.54) is 0 Å². The number of benzene rings is 1. The van der Waals surface area contributed by atoms with Crippen molar-refractivity contribution < 1.29 is 8.42 Å². The molecule has 0 saturated heterocycles. The van der Waals surface area contributed by atoms with Gasteiger partial charge in [0.1, 0.15) is 0 Å². The molecule has 1 aromatic carbocycles. The highest BCUT2D eigenvalue weighted by Crippen LogP contribution is 2.22. The van der Waals surface area contributed by atoms with E-state index in [0.29, 0.717) is 18.0 Å². The van der Waals surface area contributed by atoms with Crippen molar-refractivity contribution in [1.29, 1.82) is 0 Å². The fraction of sp³-hybridized carbons (Fsp3) is 0.625. The van der Waals surface area contributed by atoms with Crippen molar-refractivity contribution >= 4 is 10.0 Å². The Bertz CT molecular complexity index is 529. The normalized spacial score (nSPS) is 13.6. The van der Waals surface area contributed by atoms with Gasteiger partial charge in [-0.1, -0.05) is 39.0 Å². The van der Waals surface area contributed by atoms with Crippen LogP contribution in [0.1, 0.15) is 46.1 Å². The summed E-state index contributed by atoms with van der Waals surface area (Å²) in [7, 11) is -3.44. The predicted octanol–water partition coefficient (Wildman–Crippen LogP) is 3.00. The molecule has 120 valence electrons. The summed E-state index contributed by atoms with van der Waals surface area (Å²) >= 11 is 0. The summed E-state index contributed by atoms with van der Waals surface area (Å²) in [6.07, 6.45) is 1.84. The van der Waals surface area contributed by atoms with E-state index in [0.717, 1.165) is 24.9 Å².